The minimum Gasteiger partial charge on any atom is -0.362 e. The van der Waals surface area contributed by atoms with Crippen molar-refractivity contribution in [1.82, 2.24) is 10.2 Å². The largest absolute Gasteiger partial charge is 0.362 e. The first-order valence-electron chi connectivity index (χ1n) is 5.45. The molecule has 0 bridgehead atoms. The van der Waals surface area contributed by atoms with Crippen LogP contribution in [0.5, 0.6) is 0 Å². The van der Waals surface area contributed by atoms with E-state index in [2.05, 4.69) is 21.6 Å². The third-order valence-corrected chi connectivity index (χ3v) is 2.74. The molecular weight excluding hydrogens is 248 g/mol. The van der Waals surface area contributed by atoms with Crippen molar-refractivity contribution in [3.8, 4) is 6.07 Å². The number of hydrogen-bond acceptors (Lipinski definition) is 4. The number of rotatable bonds is 3. The van der Waals surface area contributed by atoms with Crippen molar-refractivity contribution < 1.29 is 0 Å². The summed E-state index contributed by atoms with van der Waals surface area (Å²) < 4.78 is 0. The Morgan fingerprint density at radius 2 is 1.89 bits per heavy atom. The van der Waals surface area contributed by atoms with Gasteiger partial charge in [-0.1, -0.05) is 23.7 Å². The van der Waals surface area contributed by atoms with Crippen LogP contribution in [-0.2, 0) is 0 Å². The number of aromatic nitrogens is 2. The second-order valence-electron chi connectivity index (χ2n) is 3.84. The Hall–Kier alpha value is -2.12. The molecule has 0 aliphatic heterocycles. The van der Waals surface area contributed by atoms with Gasteiger partial charge in [-0.05, 0) is 36.8 Å². The van der Waals surface area contributed by atoms with Gasteiger partial charge in [0.25, 0.3) is 0 Å². The Labute approximate surface area is 110 Å². The molecule has 2 rings (SSSR count). The summed E-state index contributed by atoms with van der Waals surface area (Å²) in [6.07, 6.45) is 0. The molecule has 18 heavy (non-hydrogen) atoms. The normalized spacial score (nSPS) is 11.6. The zero-order valence-corrected chi connectivity index (χ0v) is 10.5. The van der Waals surface area contributed by atoms with Gasteiger partial charge in [-0.3, -0.25) is 0 Å². The summed E-state index contributed by atoms with van der Waals surface area (Å²) in [7, 11) is 0. The van der Waals surface area contributed by atoms with Crippen molar-refractivity contribution in [2.45, 2.75) is 13.0 Å². The molecule has 1 aromatic heterocycles. The molecule has 0 aliphatic carbocycles. The summed E-state index contributed by atoms with van der Waals surface area (Å²) in [6, 6.07) is 13.0. The van der Waals surface area contributed by atoms with Crippen LogP contribution in [-0.4, -0.2) is 10.2 Å². The van der Waals surface area contributed by atoms with Crippen LogP contribution in [0.4, 0.5) is 5.82 Å². The second kappa shape index (κ2) is 5.48. The SMILES string of the molecule is CC(Nc1ccc(Cl)nn1)c1ccc(C#N)cc1. The van der Waals surface area contributed by atoms with Crippen LogP contribution in [0.15, 0.2) is 36.4 Å². The van der Waals surface area contributed by atoms with Gasteiger partial charge >= 0.3 is 0 Å². The van der Waals surface area contributed by atoms with Crippen LogP contribution < -0.4 is 5.32 Å². The number of hydrogen-bond donors (Lipinski definition) is 1. The molecule has 4 nitrogen and oxygen atoms in total. The van der Waals surface area contributed by atoms with E-state index >= 15 is 0 Å². The van der Waals surface area contributed by atoms with Crippen LogP contribution in [0.25, 0.3) is 0 Å². The molecule has 0 amide bonds. The summed E-state index contributed by atoms with van der Waals surface area (Å²) in [5.41, 5.74) is 1.72. The monoisotopic (exact) mass is 258 g/mol. The van der Waals surface area contributed by atoms with Gasteiger partial charge in [-0.15, -0.1) is 10.2 Å². The van der Waals surface area contributed by atoms with Crippen LogP contribution in [0.3, 0.4) is 0 Å². The zero-order chi connectivity index (χ0) is 13.0. The standard InChI is InChI=1S/C13H11ClN4/c1-9(11-4-2-10(8-15)3-5-11)16-13-7-6-12(14)17-18-13/h2-7,9H,1H3,(H,16,18). The fourth-order valence-electron chi connectivity index (χ4n) is 1.54. The molecule has 0 aliphatic rings. The van der Waals surface area contributed by atoms with E-state index < -0.39 is 0 Å². The maximum atomic E-state index is 8.73. The predicted octanol–water partition coefficient (Wildman–Crippen LogP) is 3.17. The molecule has 0 spiro atoms. The molecule has 1 heterocycles. The van der Waals surface area contributed by atoms with Gasteiger partial charge in [0.2, 0.25) is 0 Å². The van der Waals surface area contributed by atoms with E-state index in [0.29, 0.717) is 16.5 Å². The lowest BCUT2D eigenvalue weighted by atomic mass is 10.1. The predicted molar refractivity (Wildman–Crippen MR) is 70.2 cm³/mol. The Bertz CT molecular complexity index is 557. The van der Waals surface area contributed by atoms with Gasteiger partial charge < -0.3 is 5.32 Å². The number of nitrogens with one attached hydrogen (secondary N) is 1. The average molecular weight is 259 g/mol. The van der Waals surface area contributed by atoms with Crippen LogP contribution in [0.2, 0.25) is 5.15 Å². The Balaban J connectivity index is 2.09. The van der Waals surface area contributed by atoms with Gasteiger partial charge in [-0.2, -0.15) is 5.26 Å². The number of nitrogens with zero attached hydrogens (tertiary/aromatic N) is 3. The Morgan fingerprint density at radius 3 is 2.44 bits per heavy atom. The Kier molecular flexibility index (Phi) is 3.75. The lowest BCUT2D eigenvalue weighted by Crippen LogP contribution is -2.08. The highest BCUT2D eigenvalue weighted by molar-refractivity contribution is 6.29. The van der Waals surface area contributed by atoms with Gasteiger partial charge in [-0.25, -0.2) is 0 Å². The smallest absolute Gasteiger partial charge is 0.151 e. The van der Waals surface area contributed by atoms with Crippen molar-refractivity contribution in [3.63, 3.8) is 0 Å². The number of anilines is 1. The van der Waals surface area contributed by atoms with E-state index in [0.717, 1.165) is 5.56 Å². The van der Waals surface area contributed by atoms with E-state index in [4.69, 9.17) is 16.9 Å². The fraction of sp³-hybridized carbons (Fsp3) is 0.154. The molecule has 0 saturated carbocycles. The molecule has 5 heteroatoms. The lowest BCUT2D eigenvalue weighted by Gasteiger charge is -2.14. The fourth-order valence-corrected chi connectivity index (χ4v) is 1.65. The molecule has 2 aromatic rings. The van der Waals surface area contributed by atoms with Crippen molar-refractivity contribution >= 4 is 17.4 Å². The third-order valence-electron chi connectivity index (χ3n) is 2.54. The molecule has 0 radical (unpaired) electrons. The van der Waals surface area contributed by atoms with Gasteiger partial charge in [0.1, 0.15) is 5.82 Å². The van der Waals surface area contributed by atoms with Crippen LogP contribution >= 0.6 is 11.6 Å². The number of benzene rings is 1. The summed E-state index contributed by atoms with van der Waals surface area (Å²) in [6.45, 7) is 2.01. The van der Waals surface area contributed by atoms with Crippen molar-refractivity contribution in [1.29, 1.82) is 5.26 Å². The minimum absolute atomic E-state index is 0.0771. The molecule has 0 saturated heterocycles. The van der Waals surface area contributed by atoms with E-state index in [1.165, 1.54) is 0 Å². The van der Waals surface area contributed by atoms with Gasteiger partial charge in [0, 0.05) is 6.04 Å². The topological polar surface area (TPSA) is 61.6 Å². The highest BCUT2D eigenvalue weighted by Gasteiger charge is 2.06. The first-order valence-corrected chi connectivity index (χ1v) is 5.82. The highest BCUT2D eigenvalue weighted by atomic mass is 35.5. The summed E-state index contributed by atoms with van der Waals surface area (Å²) in [5, 5.41) is 20.0. The van der Waals surface area contributed by atoms with Crippen molar-refractivity contribution in [3.05, 3.63) is 52.7 Å². The zero-order valence-electron chi connectivity index (χ0n) is 9.76. The lowest BCUT2D eigenvalue weighted by molar-refractivity contribution is 0.860. The molecule has 0 fully saturated rings. The van der Waals surface area contributed by atoms with E-state index in [1.807, 2.05) is 19.1 Å². The van der Waals surface area contributed by atoms with Crippen LogP contribution in [0.1, 0.15) is 24.1 Å². The maximum Gasteiger partial charge on any atom is 0.151 e. The van der Waals surface area contributed by atoms with E-state index in [9.17, 15) is 0 Å². The summed E-state index contributed by atoms with van der Waals surface area (Å²) >= 11 is 5.67. The molecule has 1 unspecified atom stereocenters. The van der Waals surface area contributed by atoms with Gasteiger partial charge in [0.05, 0.1) is 11.6 Å². The average Bonchev–Trinajstić information content (AvgIpc) is 2.41. The quantitative estimate of drug-likeness (QED) is 0.919. The molecule has 1 N–H and O–H groups in total. The minimum atomic E-state index is 0.0771. The molecule has 1 atom stereocenters. The Morgan fingerprint density at radius 1 is 1.17 bits per heavy atom. The first-order chi connectivity index (χ1) is 8.69. The van der Waals surface area contributed by atoms with Gasteiger partial charge in [0.15, 0.2) is 5.15 Å². The van der Waals surface area contributed by atoms with Crippen molar-refractivity contribution in [2.24, 2.45) is 0 Å². The molecular formula is C13H11ClN4. The number of halogens is 1. The second-order valence-corrected chi connectivity index (χ2v) is 4.23. The first kappa shape index (κ1) is 12.3. The van der Waals surface area contributed by atoms with Crippen molar-refractivity contribution in [2.75, 3.05) is 5.32 Å². The molecule has 90 valence electrons. The van der Waals surface area contributed by atoms with E-state index in [-0.39, 0.29) is 6.04 Å². The third kappa shape index (κ3) is 2.96. The summed E-state index contributed by atoms with van der Waals surface area (Å²) in [5.74, 6) is 0.663. The van der Waals surface area contributed by atoms with Crippen LogP contribution in [0, 0.1) is 11.3 Å². The summed E-state index contributed by atoms with van der Waals surface area (Å²) in [4.78, 5) is 0. The molecule has 1 aromatic carbocycles. The number of nitriles is 1. The maximum absolute atomic E-state index is 8.73. The van der Waals surface area contributed by atoms with E-state index in [1.54, 1.807) is 24.3 Å². The highest BCUT2D eigenvalue weighted by Crippen LogP contribution is 2.18.